The van der Waals surface area contributed by atoms with Gasteiger partial charge >= 0.3 is 0 Å². The van der Waals surface area contributed by atoms with Crippen molar-refractivity contribution in [2.45, 2.75) is 24.3 Å². The molecule has 1 aromatic carbocycles. The minimum absolute atomic E-state index is 0.0989. The lowest BCUT2D eigenvalue weighted by molar-refractivity contribution is 0.0753. The van der Waals surface area contributed by atoms with Crippen LogP contribution >= 0.6 is 35.0 Å². The van der Waals surface area contributed by atoms with E-state index in [0.29, 0.717) is 26.8 Å². The number of halogens is 2. The van der Waals surface area contributed by atoms with Gasteiger partial charge in [0.1, 0.15) is 0 Å². The molecule has 1 fully saturated rings. The van der Waals surface area contributed by atoms with Crippen molar-refractivity contribution in [2.75, 3.05) is 18.8 Å². The fourth-order valence-corrected chi connectivity index (χ4v) is 4.02. The fraction of sp³-hybridized carbons (Fsp3) is 0.462. The molecule has 1 saturated heterocycles. The number of anilines is 1. The highest BCUT2D eigenvalue weighted by atomic mass is 35.5. The van der Waals surface area contributed by atoms with Gasteiger partial charge in [-0.2, -0.15) is 11.8 Å². The van der Waals surface area contributed by atoms with Gasteiger partial charge in [-0.1, -0.05) is 37.0 Å². The maximum absolute atomic E-state index is 12.5. The molecule has 19 heavy (non-hydrogen) atoms. The number of rotatable bonds is 1. The van der Waals surface area contributed by atoms with Crippen molar-refractivity contribution in [2.24, 2.45) is 0 Å². The molecular formula is C13H16Cl2N2OS. The number of carbonyl (C=O) groups excluding carboxylic acids is 1. The van der Waals surface area contributed by atoms with Gasteiger partial charge in [0.2, 0.25) is 0 Å². The summed E-state index contributed by atoms with van der Waals surface area (Å²) in [5, 5.41) is 1.43. The highest BCUT2D eigenvalue weighted by Gasteiger charge is 2.28. The standard InChI is InChI=1S/C13H16Cl2N2OS/c1-7-5-17(6-8(2)19-7)13(18)10-3-9(16)4-11(14)12(10)15/h3-4,7-8H,5-6,16H2,1-2H3. The van der Waals surface area contributed by atoms with Gasteiger partial charge in [-0.05, 0) is 12.1 Å². The van der Waals surface area contributed by atoms with Crippen LogP contribution in [0.4, 0.5) is 5.69 Å². The number of nitrogens with two attached hydrogens (primary N) is 1. The molecule has 1 amide bonds. The molecule has 6 heteroatoms. The van der Waals surface area contributed by atoms with Gasteiger partial charge in [-0.3, -0.25) is 4.79 Å². The Morgan fingerprint density at radius 1 is 1.32 bits per heavy atom. The van der Waals surface area contributed by atoms with Crippen molar-refractivity contribution in [3.63, 3.8) is 0 Å². The van der Waals surface area contributed by atoms with Gasteiger partial charge in [0, 0.05) is 29.3 Å². The molecule has 2 atom stereocenters. The molecule has 0 radical (unpaired) electrons. The molecule has 0 aliphatic carbocycles. The number of nitrogen functional groups attached to an aromatic ring is 1. The molecule has 3 nitrogen and oxygen atoms in total. The van der Waals surface area contributed by atoms with Gasteiger partial charge < -0.3 is 10.6 Å². The number of hydrogen-bond acceptors (Lipinski definition) is 3. The maximum Gasteiger partial charge on any atom is 0.255 e. The SMILES string of the molecule is CC1CN(C(=O)c2cc(N)cc(Cl)c2Cl)CC(C)S1. The van der Waals surface area contributed by atoms with Crippen LogP contribution in [0.2, 0.25) is 10.0 Å². The Kier molecular flexibility index (Phi) is 4.54. The molecule has 1 heterocycles. The largest absolute Gasteiger partial charge is 0.399 e. The van der Waals surface area contributed by atoms with Crippen molar-refractivity contribution < 1.29 is 4.79 Å². The lowest BCUT2D eigenvalue weighted by Gasteiger charge is -2.34. The molecule has 1 aromatic rings. The average Bonchev–Trinajstić information content (AvgIpc) is 2.31. The third-order valence-corrected chi connectivity index (χ3v) is 5.02. The Morgan fingerprint density at radius 3 is 2.47 bits per heavy atom. The van der Waals surface area contributed by atoms with E-state index in [1.807, 2.05) is 16.7 Å². The normalized spacial score (nSPS) is 23.5. The number of carbonyl (C=O) groups is 1. The summed E-state index contributed by atoms with van der Waals surface area (Å²) in [6.07, 6.45) is 0. The molecule has 2 unspecified atom stereocenters. The van der Waals surface area contributed by atoms with E-state index in [2.05, 4.69) is 13.8 Å². The van der Waals surface area contributed by atoms with Gasteiger partial charge in [-0.25, -0.2) is 0 Å². The molecule has 1 aliphatic heterocycles. The summed E-state index contributed by atoms with van der Waals surface area (Å²) in [6.45, 7) is 5.68. The number of hydrogen-bond donors (Lipinski definition) is 1. The smallest absolute Gasteiger partial charge is 0.255 e. The van der Waals surface area contributed by atoms with E-state index in [4.69, 9.17) is 28.9 Å². The second-order valence-corrected chi connectivity index (χ2v) is 7.50. The second kappa shape index (κ2) is 5.81. The molecule has 0 aromatic heterocycles. The summed E-state index contributed by atoms with van der Waals surface area (Å²) in [6, 6.07) is 3.14. The van der Waals surface area contributed by atoms with Crippen molar-refractivity contribution in [3.8, 4) is 0 Å². The molecule has 0 saturated carbocycles. The van der Waals surface area contributed by atoms with Crippen molar-refractivity contribution >= 4 is 46.6 Å². The van der Waals surface area contributed by atoms with Gasteiger partial charge in [0.15, 0.2) is 0 Å². The minimum Gasteiger partial charge on any atom is -0.399 e. The highest BCUT2D eigenvalue weighted by molar-refractivity contribution is 8.00. The van der Waals surface area contributed by atoms with Crippen molar-refractivity contribution in [1.82, 2.24) is 4.90 Å². The summed E-state index contributed by atoms with van der Waals surface area (Å²) in [4.78, 5) is 14.4. The lowest BCUT2D eigenvalue weighted by atomic mass is 10.1. The summed E-state index contributed by atoms with van der Waals surface area (Å²) in [5.41, 5.74) is 6.57. The van der Waals surface area contributed by atoms with Crippen LogP contribution in [0.3, 0.4) is 0 Å². The van der Waals surface area contributed by atoms with Crippen LogP contribution < -0.4 is 5.73 Å². The summed E-state index contributed by atoms with van der Waals surface area (Å²) in [7, 11) is 0. The van der Waals surface area contributed by atoms with Crippen LogP contribution in [0.5, 0.6) is 0 Å². The summed E-state index contributed by atoms with van der Waals surface area (Å²) >= 11 is 14.0. The van der Waals surface area contributed by atoms with Crippen LogP contribution in [0.25, 0.3) is 0 Å². The van der Waals surface area contributed by atoms with E-state index in [1.165, 1.54) is 0 Å². The molecular weight excluding hydrogens is 303 g/mol. The third-order valence-electron chi connectivity index (χ3n) is 2.99. The van der Waals surface area contributed by atoms with Crippen LogP contribution in [0.15, 0.2) is 12.1 Å². The first-order chi connectivity index (χ1) is 8.88. The van der Waals surface area contributed by atoms with Crippen LogP contribution in [0.1, 0.15) is 24.2 Å². The predicted octanol–water partition coefficient (Wildman–Crippen LogP) is 3.54. The zero-order chi connectivity index (χ0) is 14.2. The first-order valence-electron chi connectivity index (χ1n) is 6.07. The van der Waals surface area contributed by atoms with E-state index in [-0.39, 0.29) is 10.9 Å². The average molecular weight is 319 g/mol. The Balaban J connectivity index is 2.29. The van der Waals surface area contributed by atoms with E-state index >= 15 is 0 Å². The van der Waals surface area contributed by atoms with E-state index in [0.717, 1.165) is 13.1 Å². The molecule has 0 bridgehead atoms. The van der Waals surface area contributed by atoms with Gasteiger partial charge in [0.25, 0.3) is 5.91 Å². The van der Waals surface area contributed by atoms with Gasteiger partial charge in [0.05, 0.1) is 15.6 Å². The highest BCUT2D eigenvalue weighted by Crippen LogP contribution is 2.31. The fourth-order valence-electron chi connectivity index (χ4n) is 2.28. The summed E-state index contributed by atoms with van der Waals surface area (Å²) < 4.78 is 0. The topological polar surface area (TPSA) is 46.3 Å². The Labute approximate surface area is 127 Å². The molecule has 0 spiro atoms. The first kappa shape index (κ1) is 14.8. The second-order valence-electron chi connectivity index (χ2n) is 4.83. The van der Waals surface area contributed by atoms with E-state index in [1.54, 1.807) is 12.1 Å². The van der Waals surface area contributed by atoms with Crippen LogP contribution in [-0.2, 0) is 0 Å². The van der Waals surface area contributed by atoms with Crippen molar-refractivity contribution in [1.29, 1.82) is 0 Å². The molecule has 1 aliphatic rings. The monoisotopic (exact) mass is 318 g/mol. The van der Waals surface area contributed by atoms with Crippen molar-refractivity contribution in [3.05, 3.63) is 27.7 Å². The Bertz CT molecular complexity index is 500. The summed E-state index contributed by atoms with van der Waals surface area (Å²) in [5.74, 6) is -0.0989. The van der Waals surface area contributed by atoms with E-state index < -0.39 is 0 Å². The number of benzene rings is 1. The molecule has 2 N–H and O–H groups in total. The predicted molar refractivity (Wildman–Crippen MR) is 83.3 cm³/mol. The minimum atomic E-state index is -0.0989. The number of amides is 1. The van der Waals surface area contributed by atoms with E-state index in [9.17, 15) is 4.79 Å². The van der Waals surface area contributed by atoms with Crippen LogP contribution in [0, 0.1) is 0 Å². The maximum atomic E-state index is 12.5. The zero-order valence-corrected chi connectivity index (χ0v) is 13.1. The zero-order valence-electron chi connectivity index (χ0n) is 10.8. The molecule has 2 rings (SSSR count). The molecule has 104 valence electrons. The quantitative estimate of drug-likeness (QED) is 0.805. The lowest BCUT2D eigenvalue weighted by Crippen LogP contribution is -2.44. The Hall–Kier alpha value is -0.580. The number of thioether (sulfide) groups is 1. The first-order valence-corrected chi connectivity index (χ1v) is 7.77. The van der Waals surface area contributed by atoms with Gasteiger partial charge in [-0.15, -0.1) is 0 Å². The Morgan fingerprint density at radius 2 is 1.89 bits per heavy atom. The number of nitrogens with zero attached hydrogens (tertiary/aromatic N) is 1. The van der Waals surface area contributed by atoms with Crippen LogP contribution in [-0.4, -0.2) is 34.4 Å². The third kappa shape index (κ3) is 3.30.